The van der Waals surface area contributed by atoms with Gasteiger partial charge in [0.1, 0.15) is 5.82 Å². The summed E-state index contributed by atoms with van der Waals surface area (Å²) in [5, 5.41) is 0.291. The van der Waals surface area contributed by atoms with E-state index in [2.05, 4.69) is 21.2 Å². The van der Waals surface area contributed by atoms with Crippen LogP contribution >= 0.6 is 0 Å². The fourth-order valence-corrected chi connectivity index (χ4v) is 4.64. The molecule has 5 nitrogen and oxygen atoms in total. The maximum Gasteiger partial charge on any atom is 0.260 e. The summed E-state index contributed by atoms with van der Waals surface area (Å²) >= 11 is 0. The summed E-state index contributed by atoms with van der Waals surface area (Å²) in [4.78, 5) is 4.47. The van der Waals surface area contributed by atoms with Crippen molar-refractivity contribution in [3.8, 4) is 0 Å². The van der Waals surface area contributed by atoms with Gasteiger partial charge < -0.3 is 4.57 Å². The first-order valence-electron chi connectivity index (χ1n) is 7.69. The topological polar surface area (TPSA) is 64.0 Å². The highest BCUT2D eigenvalue weighted by Gasteiger charge is 2.34. The third-order valence-electron chi connectivity index (χ3n) is 4.30. The second kappa shape index (κ2) is 5.15. The molecule has 1 aliphatic carbocycles. The van der Waals surface area contributed by atoms with E-state index in [-0.39, 0.29) is 6.04 Å². The fraction of sp³-hybridized carbons (Fsp3) is 0.786. The maximum absolute atomic E-state index is 12.5. The van der Waals surface area contributed by atoms with Crippen molar-refractivity contribution in [3.05, 3.63) is 11.5 Å². The largest absolute Gasteiger partial charge is 0.328 e. The van der Waals surface area contributed by atoms with Crippen LogP contribution < -0.4 is 4.72 Å². The number of imidazole rings is 1. The van der Waals surface area contributed by atoms with Gasteiger partial charge in [0.2, 0.25) is 0 Å². The highest BCUT2D eigenvalue weighted by atomic mass is 32.2. The van der Waals surface area contributed by atoms with Crippen molar-refractivity contribution in [2.45, 2.75) is 75.9 Å². The summed E-state index contributed by atoms with van der Waals surface area (Å²) in [6, 6.07) is 0.541. The summed E-state index contributed by atoms with van der Waals surface area (Å²) in [5.41, 5.74) is 0.924. The molecular formula is C14H23N3O2S. The minimum atomic E-state index is -3.44. The van der Waals surface area contributed by atoms with Crippen molar-refractivity contribution in [3.63, 3.8) is 0 Å². The highest BCUT2D eigenvalue weighted by molar-refractivity contribution is 7.89. The van der Waals surface area contributed by atoms with Crippen molar-refractivity contribution in [1.82, 2.24) is 14.3 Å². The Bertz CT molecular complexity index is 602. The van der Waals surface area contributed by atoms with Crippen LogP contribution in [0.15, 0.2) is 5.03 Å². The first-order chi connectivity index (χ1) is 9.56. The number of nitrogens with one attached hydrogen (secondary N) is 1. The van der Waals surface area contributed by atoms with Crippen LogP contribution in [0.1, 0.15) is 63.5 Å². The first kappa shape index (κ1) is 14.1. The maximum atomic E-state index is 12.5. The molecule has 1 aliphatic heterocycles. The van der Waals surface area contributed by atoms with Gasteiger partial charge in [-0.05, 0) is 38.5 Å². The molecule has 0 radical (unpaired) electrons. The Hall–Kier alpha value is -0.880. The van der Waals surface area contributed by atoms with Crippen LogP contribution in [-0.2, 0) is 22.9 Å². The van der Waals surface area contributed by atoms with Gasteiger partial charge in [0.25, 0.3) is 10.0 Å². The van der Waals surface area contributed by atoms with Gasteiger partial charge in [-0.2, -0.15) is 0 Å². The van der Waals surface area contributed by atoms with Crippen LogP contribution in [-0.4, -0.2) is 24.0 Å². The van der Waals surface area contributed by atoms with Crippen molar-refractivity contribution in [1.29, 1.82) is 0 Å². The predicted octanol–water partition coefficient (Wildman–Crippen LogP) is 2.17. The molecule has 6 heteroatoms. The molecule has 0 amide bonds. The molecule has 20 heavy (non-hydrogen) atoms. The Morgan fingerprint density at radius 2 is 2.05 bits per heavy atom. The molecule has 112 valence electrons. The lowest BCUT2D eigenvalue weighted by Crippen LogP contribution is -2.28. The molecule has 1 unspecified atom stereocenters. The number of sulfonamides is 1. The van der Waals surface area contributed by atoms with Gasteiger partial charge in [0, 0.05) is 18.5 Å². The van der Waals surface area contributed by atoms with Crippen molar-refractivity contribution < 1.29 is 8.42 Å². The lowest BCUT2D eigenvalue weighted by molar-refractivity contribution is 0.378. The molecule has 0 bridgehead atoms. The van der Waals surface area contributed by atoms with E-state index in [1.165, 1.54) is 0 Å². The van der Waals surface area contributed by atoms with E-state index in [1.54, 1.807) is 0 Å². The van der Waals surface area contributed by atoms with E-state index < -0.39 is 10.0 Å². The molecule has 2 heterocycles. The van der Waals surface area contributed by atoms with E-state index in [1.807, 2.05) is 6.92 Å². The smallest absolute Gasteiger partial charge is 0.260 e. The standard InChI is InChI=1S/C14H23N3O2S/c1-3-11-6-5-7-12-14(15-13(4-2)17(11)12)20(18,19)16-10-8-9-10/h10-11,16H,3-9H2,1-2H3. The lowest BCUT2D eigenvalue weighted by atomic mass is 10.0. The number of fused-ring (bicyclic) bond motifs is 1. The zero-order chi connectivity index (χ0) is 14.3. The van der Waals surface area contributed by atoms with Gasteiger partial charge >= 0.3 is 0 Å². The molecule has 1 atom stereocenters. The summed E-state index contributed by atoms with van der Waals surface area (Å²) < 4.78 is 29.9. The Labute approximate surface area is 120 Å². The minimum absolute atomic E-state index is 0.132. The molecule has 1 fully saturated rings. The van der Waals surface area contributed by atoms with E-state index in [0.29, 0.717) is 11.1 Å². The number of rotatable bonds is 5. The third kappa shape index (κ3) is 2.39. The summed E-state index contributed by atoms with van der Waals surface area (Å²) in [6.07, 6.45) is 6.72. The Morgan fingerprint density at radius 3 is 2.65 bits per heavy atom. The Balaban J connectivity index is 2.05. The molecule has 1 aromatic rings. The van der Waals surface area contributed by atoms with Crippen LogP contribution in [0.3, 0.4) is 0 Å². The molecule has 0 spiro atoms. The highest BCUT2D eigenvalue weighted by Crippen LogP contribution is 2.33. The van der Waals surface area contributed by atoms with Crippen molar-refractivity contribution in [2.75, 3.05) is 0 Å². The quantitative estimate of drug-likeness (QED) is 0.906. The van der Waals surface area contributed by atoms with Crippen LogP contribution in [0.5, 0.6) is 0 Å². The van der Waals surface area contributed by atoms with Crippen LogP contribution in [0, 0.1) is 0 Å². The van der Waals surface area contributed by atoms with Crippen LogP contribution in [0.2, 0.25) is 0 Å². The zero-order valence-corrected chi connectivity index (χ0v) is 13.0. The van der Waals surface area contributed by atoms with Crippen LogP contribution in [0.4, 0.5) is 0 Å². The van der Waals surface area contributed by atoms with Crippen LogP contribution in [0.25, 0.3) is 0 Å². The van der Waals surface area contributed by atoms with E-state index in [9.17, 15) is 8.42 Å². The number of nitrogens with zero attached hydrogens (tertiary/aromatic N) is 2. The molecule has 2 aliphatic rings. The molecule has 3 rings (SSSR count). The monoisotopic (exact) mass is 297 g/mol. The Morgan fingerprint density at radius 1 is 1.30 bits per heavy atom. The molecule has 0 aromatic carbocycles. The average Bonchev–Trinajstić information content (AvgIpc) is 3.14. The van der Waals surface area contributed by atoms with Gasteiger partial charge in [-0.1, -0.05) is 13.8 Å². The molecule has 1 N–H and O–H groups in total. The third-order valence-corrected chi connectivity index (χ3v) is 5.78. The molecular weight excluding hydrogens is 274 g/mol. The average molecular weight is 297 g/mol. The number of aryl methyl sites for hydroxylation is 1. The minimum Gasteiger partial charge on any atom is -0.328 e. The number of hydrogen-bond acceptors (Lipinski definition) is 3. The van der Waals surface area contributed by atoms with Gasteiger partial charge in [-0.15, -0.1) is 0 Å². The van der Waals surface area contributed by atoms with Crippen molar-refractivity contribution in [2.24, 2.45) is 0 Å². The van der Waals surface area contributed by atoms with Gasteiger partial charge in [0.05, 0.1) is 5.69 Å². The second-order valence-electron chi connectivity index (χ2n) is 5.85. The van der Waals surface area contributed by atoms with E-state index in [0.717, 1.165) is 56.5 Å². The van der Waals surface area contributed by atoms with Gasteiger partial charge in [0.15, 0.2) is 5.03 Å². The number of aromatic nitrogens is 2. The van der Waals surface area contributed by atoms with E-state index in [4.69, 9.17) is 0 Å². The predicted molar refractivity (Wildman–Crippen MR) is 77.2 cm³/mol. The second-order valence-corrected chi connectivity index (χ2v) is 7.48. The van der Waals surface area contributed by atoms with Crippen molar-refractivity contribution >= 4 is 10.0 Å². The fourth-order valence-electron chi connectivity index (χ4n) is 3.11. The molecule has 1 aromatic heterocycles. The molecule has 0 saturated heterocycles. The van der Waals surface area contributed by atoms with Gasteiger partial charge in [-0.3, -0.25) is 0 Å². The summed E-state index contributed by atoms with van der Waals surface area (Å²) in [6.45, 7) is 4.21. The van der Waals surface area contributed by atoms with Gasteiger partial charge in [-0.25, -0.2) is 18.1 Å². The summed E-state index contributed by atoms with van der Waals surface area (Å²) in [5.74, 6) is 0.919. The first-order valence-corrected chi connectivity index (χ1v) is 9.17. The normalized spacial score (nSPS) is 22.8. The Kier molecular flexibility index (Phi) is 3.62. The summed E-state index contributed by atoms with van der Waals surface area (Å²) in [7, 11) is -3.44. The molecule has 1 saturated carbocycles. The van der Waals surface area contributed by atoms with E-state index >= 15 is 0 Å². The SMILES string of the molecule is CCc1nc(S(=O)(=O)NC2CC2)c2n1C(CC)CCC2. The number of hydrogen-bond donors (Lipinski definition) is 1. The lowest BCUT2D eigenvalue weighted by Gasteiger charge is -2.26. The zero-order valence-electron chi connectivity index (χ0n) is 12.2.